The Morgan fingerprint density at radius 3 is 2.41 bits per heavy atom. The average molecular weight is 287 g/mol. The van der Waals surface area contributed by atoms with Crippen LogP contribution in [0.3, 0.4) is 0 Å². The number of nitrogens with zero attached hydrogens (tertiary/aromatic N) is 2. The molecule has 0 atom stereocenters. The Morgan fingerprint density at radius 2 is 1.68 bits per heavy atom. The molecule has 0 fully saturated rings. The summed E-state index contributed by atoms with van der Waals surface area (Å²) in [7, 11) is 0. The molecule has 1 aromatic heterocycles. The van der Waals surface area contributed by atoms with Crippen molar-refractivity contribution in [2.24, 2.45) is 0 Å². The third-order valence-corrected chi connectivity index (χ3v) is 3.27. The van der Waals surface area contributed by atoms with Crippen LogP contribution in [0, 0.1) is 11.3 Å². The molecule has 0 saturated carbocycles. The summed E-state index contributed by atoms with van der Waals surface area (Å²) in [6, 6.07) is 20.5. The lowest BCUT2D eigenvalue weighted by Crippen LogP contribution is -1.97. The normalized spacial score (nSPS) is 9.95. The lowest BCUT2D eigenvalue weighted by molar-refractivity contribution is 0.477. The second-order valence-electron chi connectivity index (χ2n) is 4.74. The molecule has 1 heterocycles. The Bertz CT molecular complexity index is 838. The predicted octanol–water partition coefficient (Wildman–Crippen LogP) is 4.07. The lowest BCUT2D eigenvalue weighted by Gasteiger charge is -2.10. The van der Waals surface area contributed by atoms with E-state index in [9.17, 15) is 10.4 Å². The van der Waals surface area contributed by atoms with Crippen molar-refractivity contribution in [1.82, 2.24) is 4.98 Å². The van der Waals surface area contributed by atoms with E-state index in [4.69, 9.17) is 0 Å². The Hall–Kier alpha value is -3.32. The first-order chi connectivity index (χ1) is 10.8. The van der Waals surface area contributed by atoms with E-state index < -0.39 is 0 Å². The Kier molecular flexibility index (Phi) is 3.71. The van der Waals surface area contributed by atoms with Crippen LogP contribution in [0.5, 0.6) is 5.75 Å². The highest BCUT2D eigenvalue weighted by molar-refractivity contribution is 5.72. The van der Waals surface area contributed by atoms with Crippen LogP contribution in [0.2, 0.25) is 0 Å². The number of hydrogen-bond donors (Lipinski definition) is 2. The molecule has 0 saturated heterocycles. The summed E-state index contributed by atoms with van der Waals surface area (Å²) in [5, 5.41) is 22.1. The monoisotopic (exact) mass is 287 g/mol. The topological polar surface area (TPSA) is 68.9 Å². The number of phenolic OH excluding ortho intramolecular Hbond substituents is 1. The summed E-state index contributed by atoms with van der Waals surface area (Å²) in [6.07, 6.45) is 1.71. The van der Waals surface area contributed by atoms with Crippen molar-refractivity contribution in [2.75, 3.05) is 5.32 Å². The van der Waals surface area contributed by atoms with Gasteiger partial charge < -0.3 is 10.4 Å². The van der Waals surface area contributed by atoms with Crippen LogP contribution in [-0.4, -0.2) is 10.1 Å². The molecule has 2 N–H and O–H groups in total. The molecule has 0 amide bonds. The smallest absolute Gasteiger partial charge is 0.148 e. The van der Waals surface area contributed by atoms with Gasteiger partial charge in [-0.2, -0.15) is 5.26 Å². The van der Waals surface area contributed by atoms with Crippen molar-refractivity contribution in [3.63, 3.8) is 0 Å². The zero-order valence-electron chi connectivity index (χ0n) is 11.7. The van der Waals surface area contributed by atoms with E-state index >= 15 is 0 Å². The van der Waals surface area contributed by atoms with Gasteiger partial charge in [0, 0.05) is 11.8 Å². The van der Waals surface area contributed by atoms with Crippen LogP contribution in [0.4, 0.5) is 11.5 Å². The third kappa shape index (κ3) is 2.74. The maximum Gasteiger partial charge on any atom is 0.148 e. The van der Waals surface area contributed by atoms with Gasteiger partial charge in [0.1, 0.15) is 17.6 Å². The number of aromatic nitrogens is 1. The number of rotatable bonds is 3. The fraction of sp³-hybridized carbons (Fsp3) is 0. The Labute approximate surface area is 128 Å². The molecule has 0 aliphatic rings. The van der Waals surface area contributed by atoms with E-state index in [1.807, 2.05) is 30.3 Å². The SMILES string of the molecule is N#Cc1cc(-c2ccccc2)cnc1Nc1ccccc1O. The highest BCUT2D eigenvalue weighted by atomic mass is 16.3. The molecule has 4 nitrogen and oxygen atoms in total. The number of para-hydroxylation sites is 2. The largest absolute Gasteiger partial charge is 0.506 e. The van der Waals surface area contributed by atoms with E-state index in [0.717, 1.165) is 11.1 Å². The first-order valence-corrected chi connectivity index (χ1v) is 6.78. The average Bonchev–Trinajstić information content (AvgIpc) is 2.58. The molecule has 3 rings (SSSR count). The van der Waals surface area contributed by atoms with Gasteiger partial charge in [-0.15, -0.1) is 0 Å². The first kappa shape index (κ1) is 13.7. The highest BCUT2D eigenvalue weighted by Gasteiger charge is 2.08. The van der Waals surface area contributed by atoms with Crippen LogP contribution in [0.1, 0.15) is 5.56 Å². The molecular formula is C18H13N3O. The van der Waals surface area contributed by atoms with E-state index in [0.29, 0.717) is 17.1 Å². The number of nitrogens with one attached hydrogen (secondary N) is 1. The highest BCUT2D eigenvalue weighted by Crippen LogP contribution is 2.28. The van der Waals surface area contributed by atoms with E-state index in [-0.39, 0.29) is 5.75 Å². The van der Waals surface area contributed by atoms with Crippen LogP contribution in [0.25, 0.3) is 11.1 Å². The molecule has 4 heteroatoms. The van der Waals surface area contributed by atoms with Gasteiger partial charge in [-0.1, -0.05) is 42.5 Å². The predicted molar refractivity (Wildman–Crippen MR) is 85.8 cm³/mol. The maximum atomic E-state index is 9.79. The van der Waals surface area contributed by atoms with E-state index in [1.165, 1.54) is 0 Å². The van der Waals surface area contributed by atoms with Crippen molar-refractivity contribution in [1.29, 1.82) is 5.26 Å². The molecule has 0 spiro atoms. The molecule has 3 aromatic rings. The summed E-state index contributed by atoms with van der Waals surface area (Å²) in [5.41, 5.74) is 2.81. The quantitative estimate of drug-likeness (QED) is 0.712. The fourth-order valence-electron chi connectivity index (χ4n) is 2.14. The summed E-state index contributed by atoms with van der Waals surface area (Å²) < 4.78 is 0. The molecule has 0 radical (unpaired) electrons. The fourth-order valence-corrected chi connectivity index (χ4v) is 2.14. The number of benzene rings is 2. The summed E-state index contributed by atoms with van der Waals surface area (Å²) in [4.78, 5) is 4.32. The minimum atomic E-state index is 0.111. The number of pyridine rings is 1. The van der Waals surface area contributed by atoms with Crippen molar-refractivity contribution in [2.45, 2.75) is 0 Å². The Morgan fingerprint density at radius 1 is 0.955 bits per heavy atom. The summed E-state index contributed by atoms with van der Waals surface area (Å²) >= 11 is 0. The molecule has 0 aliphatic carbocycles. The number of nitriles is 1. The second-order valence-corrected chi connectivity index (χ2v) is 4.74. The molecular weight excluding hydrogens is 274 g/mol. The Balaban J connectivity index is 1.97. The van der Waals surface area contributed by atoms with Gasteiger partial charge in [-0.05, 0) is 23.8 Å². The standard InChI is InChI=1S/C18H13N3O/c19-11-14-10-15(13-6-2-1-3-7-13)12-20-18(14)21-16-8-4-5-9-17(16)22/h1-10,12,22H,(H,20,21). The van der Waals surface area contributed by atoms with Crippen molar-refractivity contribution >= 4 is 11.5 Å². The van der Waals surface area contributed by atoms with E-state index in [1.54, 1.807) is 36.5 Å². The number of anilines is 2. The maximum absolute atomic E-state index is 9.79. The zero-order chi connectivity index (χ0) is 15.4. The minimum Gasteiger partial charge on any atom is -0.506 e. The van der Waals surface area contributed by atoms with Crippen molar-refractivity contribution in [3.8, 4) is 22.9 Å². The lowest BCUT2D eigenvalue weighted by atomic mass is 10.1. The van der Waals surface area contributed by atoms with Crippen LogP contribution >= 0.6 is 0 Å². The second kappa shape index (κ2) is 5.98. The van der Waals surface area contributed by atoms with Gasteiger partial charge in [0.2, 0.25) is 0 Å². The van der Waals surface area contributed by atoms with E-state index in [2.05, 4.69) is 16.4 Å². The molecule has 22 heavy (non-hydrogen) atoms. The number of phenols is 1. The molecule has 0 unspecified atom stereocenters. The van der Waals surface area contributed by atoms with Crippen molar-refractivity contribution < 1.29 is 5.11 Å². The summed E-state index contributed by atoms with van der Waals surface area (Å²) in [5.74, 6) is 0.531. The first-order valence-electron chi connectivity index (χ1n) is 6.78. The van der Waals surface area contributed by atoms with Gasteiger partial charge >= 0.3 is 0 Å². The van der Waals surface area contributed by atoms with Crippen LogP contribution in [-0.2, 0) is 0 Å². The van der Waals surface area contributed by atoms with Crippen LogP contribution < -0.4 is 5.32 Å². The minimum absolute atomic E-state index is 0.111. The number of aromatic hydroxyl groups is 1. The van der Waals surface area contributed by atoms with Crippen LogP contribution in [0.15, 0.2) is 66.9 Å². The summed E-state index contributed by atoms with van der Waals surface area (Å²) in [6.45, 7) is 0. The van der Waals surface area contributed by atoms with Gasteiger partial charge in [-0.25, -0.2) is 4.98 Å². The third-order valence-electron chi connectivity index (χ3n) is 3.27. The zero-order valence-corrected chi connectivity index (χ0v) is 11.7. The van der Waals surface area contributed by atoms with Gasteiger partial charge in [0.05, 0.1) is 11.3 Å². The molecule has 0 aliphatic heterocycles. The van der Waals surface area contributed by atoms with Gasteiger partial charge in [-0.3, -0.25) is 0 Å². The molecule has 0 bridgehead atoms. The molecule has 106 valence electrons. The number of hydrogen-bond acceptors (Lipinski definition) is 4. The van der Waals surface area contributed by atoms with Gasteiger partial charge in [0.15, 0.2) is 0 Å². The molecule has 2 aromatic carbocycles. The van der Waals surface area contributed by atoms with Crippen molar-refractivity contribution in [3.05, 3.63) is 72.4 Å². The van der Waals surface area contributed by atoms with Gasteiger partial charge in [0.25, 0.3) is 0 Å².